The maximum absolute atomic E-state index is 11.6. The number of nitrogens with zero attached hydrogens (tertiary/aromatic N) is 2. The van der Waals surface area contributed by atoms with Gasteiger partial charge in [0.15, 0.2) is 5.75 Å². The molecule has 0 unspecified atom stereocenters. The minimum Gasteiger partial charge on any atom is -0.407 e. The summed E-state index contributed by atoms with van der Waals surface area (Å²) >= 11 is 6.84. The van der Waals surface area contributed by atoms with Crippen molar-refractivity contribution in [3.8, 4) is 5.75 Å². The summed E-state index contributed by atoms with van der Waals surface area (Å²) in [4.78, 5) is 17.3. The van der Waals surface area contributed by atoms with E-state index in [2.05, 4.69) is 36.8 Å². The van der Waals surface area contributed by atoms with Gasteiger partial charge >= 0.3 is 6.09 Å². The molecule has 0 aliphatic rings. The zero-order chi connectivity index (χ0) is 13.3. The number of carbonyl (C=O) groups is 1. The number of ether oxygens (including phenoxy) is 1. The lowest BCUT2D eigenvalue weighted by Gasteiger charge is -2.14. The Hall–Kier alpha value is -1.14. The average molecular weight is 374 g/mol. The lowest BCUT2D eigenvalue weighted by atomic mass is 10.2. The van der Waals surface area contributed by atoms with Crippen molar-refractivity contribution >= 4 is 48.9 Å². The number of fused-ring (bicyclic) bond motifs is 1. The first-order valence-corrected chi connectivity index (χ1v) is 6.71. The molecule has 6 heteroatoms. The van der Waals surface area contributed by atoms with E-state index in [1.807, 2.05) is 18.2 Å². The lowest BCUT2D eigenvalue weighted by molar-refractivity contribution is 0.172. The van der Waals surface area contributed by atoms with Gasteiger partial charge in [-0.1, -0.05) is 22.0 Å². The van der Waals surface area contributed by atoms with Gasteiger partial charge < -0.3 is 9.64 Å². The van der Waals surface area contributed by atoms with Gasteiger partial charge in [-0.15, -0.1) is 0 Å². The summed E-state index contributed by atoms with van der Waals surface area (Å²) < 4.78 is 6.90. The molecular weight excluding hydrogens is 364 g/mol. The van der Waals surface area contributed by atoms with Gasteiger partial charge in [0.05, 0.1) is 4.47 Å². The molecule has 0 aliphatic heterocycles. The first-order valence-electron chi connectivity index (χ1n) is 5.12. The molecular formula is C12H10Br2N2O2. The van der Waals surface area contributed by atoms with Crippen LogP contribution in [0, 0.1) is 0 Å². The number of halogens is 2. The number of aromatic nitrogens is 1. The third-order valence-corrected chi connectivity index (χ3v) is 3.55. The standard InChI is InChI=1S/C12H10Br2N2O2/c1-16(2)12(17)18-11-9(14)6-8(13)7-4-3-5-15-10(7)11/h3-6H,1-2H3. The Balaban J connectivity index is 2.59. The Labute approximate surface area is 121 Å². The number of pyridine rings is 1. The monoisotopic (exact) mass is 372 g/mol. The summed E-state index contributed by atoms with van der Waals surface area (Å²) in [6.07, 6.45) is 1.22. The number of hydrogen-bond acceptors (Lipinski definition) is 3. The zero-order valence-electron chi connectivity index (χ0n) is 9.78. The van der Waals surface area contributed by atoms with Crippen LogP contribution in [0.15, 0.2) is 33.3 Å². The van der Waals surface area contributed by atoms with Crippen LogP contribution >= 0.6 is 31.9 Å². The SMILES string of the molecule is CN(C)C(=O)Oc1c(Br)cc(Br)c2cccnc12. The molecule has 0 spiro atoms. The first kappa shape index (κ1) is 13.3. The molecule has 1 heterocycles. The van der Waals surface area contributed by atoms with Gasteiger partial charge in [-0.3, -0.25) is 4.98 Å². The Morgan fingerprint density at radius 2 is 2.06 bits per heavy atom. The van der Waals surface area contributed by atoms with Crippen LogP contribution in [0.3, 0.4) is 0 Å². The minimum absolute atomic E-state index is 0.424. The third-order valence-electron chi connectivity index (χ3n) is 2.30. The van der Waals surface area contributed by atoms with Crippen molar-refractivity contribution in [2.75, 3.05) is 14.1 Å². The van der Waals surface area contributed by atoms with Crippen molar-refractivity contribution in [2.24, 2.45) is 0 Å². The molecule has 2 rings (SSSR count). The van der Waals surface area contributed by atoms with Crippen molar-refractivity contribution in [3.63, 3.8) is 0 Å². The number of rotatable bonds is 1. The van der Waals surface area contributed by atoms with Gasteiger partial charge in [0.25, 0.3) is 0 Å². The van der Waals surface area contributed by atoms with Crippen LogP contribution in [0.2, 0.25) is 0 Å². The van der Waals surface area contributed by atoms with Gasteiger partial charge in [-0.25, -0.2) is 4.79 Å². The van der Waals surface area contributed by atoms with E-state index in [-0.39, 0.29) is 0 Å². The molecule has 18 heavy (non-hydrogen) atoms. The van der Waals surface area contributed by atoms with Crippen molar-refractivity contribution in [3.05, 3.63) is 33.3 Å². The number of hydrogen-bond donors (Lipinski definition) is 0. The molecule has 94 valence electrons. The Kier molecular flexibility index (Phi) is 3.87. The zero-order valence-corrected chi connectivity index (χ0v) is 12.9. The normalized spacial score (nSPS) is 10.4. The fourth-order valence-corrected chi connectivity index (χ4v) is 2.78. The molecule has 0 radical (unpaired) electrons. The van der Waals surface area contributed by atoms with Crippen LogP contribution in [0.25, 0.3) is 10.9 Å². The largest absolute Gasteiger partial charge is 0.414 e. The maximum atomic E-state index is 11.6. The minimum atomic E-state index is -0.440. The van der Waals surface area contributed by atoms with Gasteiger partial charge in [-0.05, 0) is 28.1 Å². The van der Waals surface area contributed by atoms with E-state index in [9.17, 15) is 4.79 Å². The Morgan fingerprint density at radius 1 is 1.33 bits per heavy atom. The summed E-state index contributed by atoms with van der Waals surface area (Å²) in [5, 5.41) is 0.891. The predicted octanol–water partition coefficient (Wildman–Crippen LogP) is 3.82. The summed E-state index contributed by atoms with van der Waals surface area (Å²) in [5.74, 6) is 0.424. The highest BCUT2D eigenvalue weighted by atomic mass is 79.9. The Morgan fingerprint density at radius 3 is 2.72 bits per heavy atom. The van der Waals surface area contributed by atoms with Crippen LogP contribution < -0.4 is 4.74 Å². The van der Waals surface area contributed by atoms with Crippen LogP contribution in [0.5, 0.6) is 5.75 Å². The van der Waals surface area contributed by atoms with Crippen molar-refractivity contribution in [1.82, 2.24) is 9.88 Å². The number of amides is 1. The van der Waals surface area contributed by atoms with Gasteiger partial charge in [0.2, 0.25) is 0 Å². The molecule has 1 amide bonds. The van der Waals surface area contributed by atoms with E-state index in [0.717, 1.165) is 9.86 Å². The summed E-state index contributed by atoms with van der Waals surface area (Å²) in [7, 11) is 3.26. The lowest BCUT2D eigenvalue weighted by Crippen LogP contribution is -2.25. The van der Waals surface area contributed by atoms with Crippen molar-refractivity contribution < 1.29 is 9.53 Å². The summed E-state index contributed by atoms with van der Waals surface area (Å²) in [6.45, 7) is 0. The Bertz CT molecular complexity index is 614. The quantitative estimate of drug-likeness (QED) is 0.763. The summed E-state index contributed by atoms with van der Waals surface area (Å²) in [6, 6.07) is 5.58. The van der Waals surface area contributed by atoms with Crippen molar-refractivity contribution in [1.29, 1.82) is 0 Å². The topological polar surface area (TPSA) is 42.4 Å². The molecule has 0 fully saturated rings. The highest BCUT2D eigenvalue weighted by Crippen LogP contribution is 2.37. The van der Waals surface area contributed by atoms with Crippen LogP contribution in [0.4, 0.5) is 4.79 Å². The smallest absolute Gasteiger partial charge is 0.407 e. The molecule has 2 aromatic rings. The van der Waals surface area contributed by atoms with Crippen molar-refractivity contribution in [2.45, 2.75) is 0 Å². The molecule has 0 saturated carbocycles. The molecule has 1 aromatic heterocycles. The van der Waals surface area contributed by atoms with E-state index in [0.29, 0.717) is 15.7 Å². The average Bonchev–Trinajstić information content (AvgIpc) is 2.34. The fourth-order valence-electron chi connectivity index (χ4n) is 1.42. The first-order chi connectivity index (χ1) is 8.50. The molecule has 0 saturated heterocycles. The van der Waals surface area contributed by atoms with E-state index in [1.54, 1.807) is 20.3 Å². The number of benzene rings is 1. The van der Waals surface area contributed by atoms with E-state index >= 15 is 0 Å². The van der Waals surface area contributed by atoms with Crippen LogP contribution in [-0.4, -0.2) is 30.1 Å². The molecule has 1 aromatic carbocycles. The molecule has 4 nitrogen and oxygen atoms in total. The number of carbonyl (C=O) groups excluding carboxylic acids is 1. The second-order valence-corrected chi connectivity index (χ2v) is 5.54. The second-order valence-electron chi connectivity index (χ2n) is 3.83. The van der Waals surface area contributed by atoms with Gasteiger partial charge in [0.1, 0.15) is 5.52 Å². The maximum Gasteiger partial charge on any atom is 0.414 e. The third kappa shape index (κ3) is 2.49. The van der Waals surface area contributed by atoms with Gasteiger partial charge in [-0.2, -0.15) is 0 Å². The van der Waals surface area contributed by atoms with E-state index in [1.165, 1.54) is 4.90 Å². The molecule has 0 atom stereocenters. The van der Waals surface area contributed by atoms with Crippen LogP contribution in [-0.2, 0) is 0 Å². The van der Waals surface area contributed by atoms with Gasteiger partial charge in [0, 0.05) is 30.2 Å². The fraction of sp³-hybridized carbons (Fsp3) is 0.167. The highest BCUT2D eigenvalue weighted by Gasteiger charge is 2.16. The predicted molar refractivity (Wildman–Crippen MR) is 76.9 cm³/mol. The molecule has 0 N–H and O–H groups in total. The summed E-state index contributed by atoms with van der Waals surface area (Å²) in [5.41, 5.74) is 0.633. The highest BCUT2D eigenvalue weighted by molar-refractivity contribution is 9.11. The van der Waals surface area contributed by atoms with Crippen LogP contribution in [0.1, 0.15) is 0 Å². The van der Waals surface area contributed by atoms with E-state index in [4.69, 9.17) is 4.74 Å². The second kappa shape index (κ2) is 5.24. The molecule has 0 bridgehead atoms. The molecule has 0 aliphatic carbocycles. The van der Waals surface area contributed by atoms with E-state index < -0.39 is 6.09 Å².